The maximum absolute atomic E-state index is 4.32. The van der Waals surface area contributed by atoms with Gasteiger partial charge in [0.15, 0.2) is 9.99 Å². The molecule has 8 heteroatoms. The van der Waals surface area contributed by atoms with E-state index < -0.39 is 0 Å². The molecule has 0 aromatic carbocycles. The van der Waals surface area contributed by atoms with Crippen molar-refractivity contribution in [3.63, 3.8) is 0 Å². The minimum Gasteiger partial charge on any atom is -0.215 e. The van der Waals surface area contributed by atoms with E-state index in [-0.39, 0.29) is 0 Å². The van der Waals surface area contributed by atoms with Crippen LogP contribution in [-0.4, -0.2) is 36.3 Å². The van der Waals surface area contributed by atoms with Gasteiger partial charge >= 0.3 is 0 Å². The fourth-order valence-corrected chi connectivity index (χ4v) is 2.63. The van der Waals surface area contributed by atoms with Crippen molar-refractivity contribution in [3.05, 3.63) is 6.33 Å². The normalized spacial score (nSPS) is 11.5. The first-order valence-electron chi connectivity index (χ1n) is 3.76. The zero-order valence-electron chi connectivity index (χ0n) is 7.08. The van der Waals surface area contributed by atoms with E-state index in [1.807, 2.05) is 6.26 Å². The summed E-state index contributed by atoms with van der Waals surface area (Å²) in [7, 11) is 0. The number of hydrogen-bond acceptors (Lipinski definition) is 7. The van der Waals surface area contributed by atoms with E-state index in [4.69, 9.17) is 0 Å². The summed E-state index contributed by atoms with van der Waals surface area (Å²) in [5.74, 6) is 0. The van der Waals surface area contributed by atoms with Gasteiger partial charge in [-0.2, -0.15) is 4.52 Å². The third kappa shape index (κ3) is 1.01. The number of tetrazole rings is 1. The van der Waals surface area contributed by atoms with Crippen LogP contribution in [0.4, 0.5) is 0 Å². The lowest BCUT2D eigenvalue weighted by Gasteiger charge is -1.87. The van der Waals surface area contributed by atoms with Crippen molar-refractivity contribution >= 4 is 39.1 Å². The van der Waals surface area contributed by atoms with Crippen LogP contribution in [-0.2, 0) is 0 Å². The van der Waals surface area contributed by atoms with Crippen LogP contribution in [0.25, 0.3) is 16.0 Å². The molecule has 3 rings (SSSR count). The molecule has 0 spiro atoms. The summed E-state index contributed by atoms with van der Waals surface area (Å²) in [6, 6.07) is 0. The Balaban J connectivity index is 2.49. The van der Waals surface area contributed by atoms with Gasteiger partial charge in [0.25, 0.3) is 0 Å². The molecule has 0 amide bonds. The van der Waals surface area contributed by atoms with Gasteiger partial charge in [-0.15, -0.1) is 16.4 Å². The van der Waals surface area contributed by atoms with E-state index in [2.05, 4.69) is 25.5 Å². The van der Waals surface area contributed by atoms with Gasteiger partial charge in [0.05, 0.1) is 0 Å². The van der Waals surface area contributed by atoms with Crippen molar-refractivity contribution < 1.29 is 0 Å². The largest absolute Gasteiger partial charge is 0.215 e. The lowest BCUT2D eigenvalue weighted by Crippen LogP contribution is -1.89. The summed E-state index contributed by atoms with van der Waals surface area (Å²) in [4.78, 5) is 8.48. The van der Waals surface area contributed by atoms with Crippen LogP contribution in [0.3, 0.4) is 0 Å². The second-order valence-corrected chi connectivity index (χ2v) is 4.58. The molecule has 3 heterocycles. The second-order valence-electron chi connectivity index (χ2n) is 2.53. The number of aromatic nitrogens is 6. The highest BCUT2D eigenvalue weighted by Gasteiger charge is 2.10. The Morgan fingerprint density at radius 1 is 1.50 bits per heavy atom. The third-order valence-corrected chi connectivity index (χ3v) is 3.78. The van der Waals surface area contributed by atoms with Crippen LogP contribution in [0.1, 0.15) is 0 Å². The van der Waals surface area contributed by atoms with E-state index in [0.29, 0.717) is 11.3 Å². The summed E-state index contributed by atoms with van der Waals surface area (Å²) < 4.78 is 3.45. The van der Waals surface area contributed by atoms with Crippen LogP contribution >= 0.6 is 23.1 Å². The van der Waals surface area contributed by atoms with E-state index in [0.717, 1.165) is 9.04 Å². The first-order chi connectivity index (χ1) is 6.88. The van der Waals surface area contributed by atoms with Crippen molar-refractivity contribution in [2.24, 2.45) is 0 Å². The minimum absolute atomic E-state index is 0.710. The quantitative estimate of drug-likeness (QED) is 0.571. The summed E-state index contributed by atoms with van der Waals surface area (Å²) in [5, 5.41) is 11.3. The molecule has 14 heavy (non-hydrogen) atoms. The molecule has 0 saturated carbocycles. The molecule has 3 aromatic rings. The summed E-state index contributed by atoms with van der Waals surface area (Å²) in [6.45, 7) is 0. The van der Waals surface area contributed by atoms with Crippen LogP contribution in [0, 0.1) is 0 Å². The molecule has 0 bridgehead atoms. The molecule has 70 valence electrons. The van der Waals surface area contributed by atoms with Gasteiger partial charge in [-0.3, -0.25) is 0 Å². The molecule has 3 aromatic heterocycles. The number of hydrogen-bond donors (Lipinski definition) is 0. The molecule has 0 aliphatic rings. The third-order valence-electron chi connectivity index (χ3n) is 1.75. The number of thioether (sulfide) groups is 1. The van der Waals surface area contributed by atoms with Crippen LogP contribution in [0.15, 0.2) is 10.7 Å². The zero-order valence-corrected chi connectivity index (χ0v) is 8.71. The standard InChI is InChI=1S/C6H4N6S2/c1-13-6-8-4-3(14-6)5-9-10-11-12(5)2-7-4/h2H,1H3. The highest BCUT2D eigenvalue weighted by Crippen LogP contribution is 2.28. The Kier molecular flexibility index (Phi) is 1.64. The number of nitrogens with zero attached hydrogens (tertiary/aromatic N) is 6. The van der Waals surface area contributed by atoms with Crippen LogP contribution in [0.2, 0.25) is 0 Å². The number of rotatable bonds is 1. The maximum Gasteiger partial charge on any atom is 0.202 e. The van der Waals surface area contributed by atoms with Gasteiger partial charge in [0.1, 0.15) is 11.0 Å². The summed E-state index contributed by atoms with van der Waals surface area (Å²) in [5.41, 5.74) is 1.43. The number of thiazole rings is 1. The molecule has 0 atom stereocenters. The molecular weight excluding hydrogens is 220 g/mol. The Hall–Kier alpha value is -1.28. The molecule has 0 N–H and O–H groups in total. The van der Waals surface area contributed by atoms with Crippen molar-refractivity contribution in [2.75, 3.05) is 6.26 Å². The van der Waals surface area contributed by atoms with Gasteiger partial charge in [0.2, 0.25) is 5.65 Å². The fraction of sp³-hybridized carbons (Fsp3) is 0.167. The van der Waals surface area contributed by atoms with E-state index >= 15 is 0 Å². The Labute approximate surface area is 86.4 Å². The molecule has 0 fully saturated rings. The highest BCUT2D eigenvalue weighted by atomic mass is 32.2. The molecular formula is C6H4N6S2. The predicted molar refractivity (Wildman–Crippen MR) is 53.5 cm³/mol. The first kappa shape index (κ1) is 8.06. The maximum atomic E-state index is 4.32. The Morgan fingerprint density at radius 2 is 2.43 bits per heavy atom. The molecule has 6 nitrogen and oxygen atoms in total. The SMILES string of the molecule is CSc1nc2ncn3nnnc3c2s1. The fourth-order valence-electron chi connectivity index (χ4n) is 1.14. The predicted octanol–water partition coefficient (Wildman–Crippen LogP) is 0.851. The van der Waals surface area contributed by atoms with E-state index in [1.54, 1.807) is 33.9 Å². The van der Waals surface area contributed by atoms with Gasteiger partial charge < -0.3 is 0 Å². The highest BCUT2D eigenvalue weighted by molar-refractivity contribution is 8.00. The zero-order chi connectivity index (χ0) is 9.54. The van der Waals surface area contributed by atoms with E-state index in [9.17, 15) is 0 Å². The summed E-state index contributed by atoms with van der Waals surface area (Å²) >= 11 is 3.15. The lowest BCUT2D eigenvalue weighted by molar-refractivity contribution is 0.812. The van der Waals surface area contributed by atoms with Crippen molar-refractivity contribution in [1.29, 1.82) is 0 Å². The van der Waals surface area contributed by atoms with E-state index in [1.165, 1.54) is 0 Å². The van der Waals surface area contributed by atoms with Crippen LogP contribution in [0.5, 0.6) is 0 Å². The van der Waals surface area contributed by atoms with Gasteiger partial charge in [-0.05, 0) is 16.7 Å². The first-order valence-corrected chi connectivity index (χ1v) is 5.80. The van der Waals surface area contributed by atoms with Gasteiger partial charge in [-0.1, -0.05) is 11.8 Å². The average Bonchev–Trinajstić information content (AvgIpc) is 2.82. The molecule has 0 radical (unpaired) electrons. The Morgan fingerprint density at radius 3 is 3.29 bits per heavy atom. The minimum atomic E-state index is 0.710. The topological polar surface area (TPSA) is 68.9 Å². The monoisotopic (exact) mass is 224 g/mol. The van der Waals surface area contributed by atoms with Crippen LogP contribution < -0.4 is 0 Å². The molecule has 0 saturated heterocycles. The lowest BCUT2D eigenvalue weighted by atomic mass is 10.6. The molecule has 0 unspecified atom stereocenters. The smallest absolute Gasteiger partial charge is 0.202 e. The summed E-state index contributed by atoms with van der Waals surface area (Å²) in [6.07, 6.45) is 3.55. The molecule has 0 aliphatic heterocycles. The Bertz CT molecular complexity index is 598. The average molecular weight is 224 g/mol. The van der Waals surface area contributed by atoms with Gasteiger partial charge in [0, 0.05) is 0 Å². The van der Waals surface area contributed by atoms with Crippen molar-refractivity contribution in [1.82, 2.24) is 30.0 Å². The molecule has 0 aliphatic carbocycles. The van der Waals surface area contributed by atoms with Gasteiger partial charge in [-0.25, -0.2) is 9.97 Å². The number of fused-ring (bicyclic) bond motifs is 3. The second kappa shape index (κ2) is 2.85. The van der Waals surface area contributed by atoms with Crippen molar-refractivity contribution in [3.8, 4) is 0 Å². The van der Waals surface area contributed by atoms with Crippen molar-refractivity contribution in [2.45, 2.75) is 4.34 Å².